The minimum atomic E-state index is -3.36. The van der Waals surface area contributed by atoms with Crippen LogP contribution in [0.1, 0.15) is 12.0 Å². The van der Waals surface area contributed by atoms with Gasteiger partial charge in [0.25, 0.3) is 0 Å². The highest BCUT2D eigenvalue weighted by Crippen LogP contribution is 2.34. The molecule has 1 amide bonds. The molecule has 14 heteroatoms. The first-order chi connectivity index (χ1) is 20.7. The maximum Gasteiger partial charge on any atom is 0.301 e. The number of rotatable bonds is 8. The summed E-state index contributed by atoms with van der Waals surface area (Å²) in [5.41, 5.74) is 2.02. The number of pyridine rings is 1. The van der Waals surface area contributed by atoms with E-state index in [0.29, 0.717) is 28.8 Å². The van der Waals surface area contributed by atoms with Crippen LogP contribution in [0.25, 0.3) is 11.3 Å². The quantitative estimate of drug-likeness (QED) is 0.398. The minimum absolute atomic E-state index is 0.00185. The number of nitriles is 1. The van der Waals surface area contributed by atoms with Crippen molar-refractivity contribution in [3.05, 3.63) is 48.3 Å². The number of likely N-dealkylation sites (N-methyl/N-ethyl adjacent to an activating group) is 1. The number of nitrogens with zero attached hydrogens (tertiary/aromatic N) is 7. The molecule has 3 aromatic rings. The summed E-state index contributed by atoms with van der Waals surface area (Å²) < 4.78 is 40.7. The number of nitrogens with one attached hydrogen (secondary N) is 1. The molecule has 0 radical (unpaired) electrons. The molecule has 1 aromatic carbocycles. The Hall–Kier alpha value is -4.61. The summed E-state index contributed by atoms with van der Waals surface area (Å²) in [6.45, 7) is 1.95. The van der Waals surface area contributed by atoms with Crippen molar-refractivity contribution in [3.63, 3.8) is 0 Å². The van der Waals surface area contributed by atoms with Crippen LogP contribution in [0.5, 0.6) is 11.6 Å². The van der Waals surface area contributed by atoms with Crippen molar-refractivity contribution in [1.29, 1.82) is 5.26 Å². The number of hydrogen-bond acceptors (Lipinski definition) is 11. The van der Waals surface area contributed by atoms with E-state index in [1.54, 1.807) is 19.2 Å². The topological polar surface area (TPSA) is 140 Å². The molecular formula is C29H32F2N8O4. The Morgan fingerprint density at radius 2 is 1.93 bits per heavy atom. The third-order valence-electron chi connectivity index (χ3n) is 7.49. The first-order valence-electron chi connectivity index (χ1n) is 13.8. The van der Waals surface area contributed by atoms with Crippen molar-refractivity contribution >= 4 is 23.2 Å². The Labute approximate surface area is 247 Å². The van der Waals surface area contributed by atoms with Crippen LogP contribution in [0.3, 0.4) is 0 Å². The molecule has 2 fully saturated rings. The number of anilines is 3. The van der Waals surface area contributed by atoms with E-state index in [9.17, 15) is 18.8 Å². The van der Waals surface area contributed by atoms with Gasteiger partial charge in [0.1, 0.15) is 42.1 Å². The van der Waals surface area contributed by atoms with Crippen LogP contribution in [-0.2, 0) is 4.79 Å². The number of likely N-dealkylation sites (tertiary alicyclic amines) is 1. The molecule has 0 spiro atoms. The van der Waals surface area contributed by atoms with Crippen molar-refractivity contribution in [1.82, 2.24) is 24.8 Å². The predicted octanol–water partition coefficient (Wildman–Crippen LogP) is 2.52. The average Bonchev–Trinajstić information content (AvgIpc) is 3.02. The van der Waals surface area contributed by atoms with Crippen LogP contribution in [0.15, 0.2) is 42.7 Å². The van der Waals surface area contributed by atoms with E-state index in [1.165, 1.54) is 18.5 Å². The second-order valence-electron chi connectivity index (χ2n) is 10.4. The third kappa shape index (κ3) is 6.73. The molecule has 1 atom stereocenters. The van der Waals surface area contributed by atoms with Gasteiger partial charge in [-0.25, -0.2) is 18.7 Å². The third-order valence-corrected chi connectivity index (χ3v) is 7.49. The van der Waals surface area contributed by atoms with Crippen molar-refractivity contribution in [3.8, 4) is 29.0 Å². The number of benzene rings is 1. The van der Waals surface area contributed by atoms with Crippen molar-refractivity contribution in [2.24, 2.45) is 0 Å². The van der Waals surface area contributed by atoms with Crippen LogP contribution in [0.2, 0.25) is 0 Å². The van der Waals surface area contributed by atoms with Gasteiger partial charge in [0.05, 0.1) is 24.9 Å². The van der Waals surface area contributed by atoms with E-state index < -0.39 is 31.1 Å². The highest BCUT2D eigenvalue weighted by molar-refractivity contribution is 5.77. The van der Waals surface area contributed by atoms with Crippen LogP contribution < -0.4 is 19.7 Å². The van der Waals surface area contributed by atoms with Gasteiger partial charge in [-0.1, -0.05) is 0 Å². The number of amides is 1. The lowest BCUT2D eigenvalue weighted by atomic mass is 10.0. The number of aliphatic hydroxyl groups is 1. The number of alkyl halides is 2. The standard InChI is InChI=1S/C29H32F2N8O4/c1-37-9-11-38(12-10-37)22-4-6-25(36-28(22)42-2)35-26-14-21(33-18-34-26)19-3-5-23(20(13-19)15-32)43-24-7-8-39(27(41)16-40)17-29(24,30)31/h3-6,13-14,18,24,40H,7-12,16-17H2,1-2H3,(H,33,34,35,36)/t24-/m0/s1. The second kappa shape index (κ2) is 12.7. The smallest absolute Gasteiger partial charge is 0.301 e. The van der Waals surface area contributed by atoms with Gasteiger partial charge in [0.2, 0.25) is 11.8 Å². The predicted molar refractivity (Wildman–Crippen MR) is 154 cm³/mol. The monoisotopic (exact) mass is 594 g/mol. The maximum absolute atomic E-state index is 14.8. The zero-order valence-electron chi connectivity index (χ0n) is 23.8. The number of ether oxygens (including phenoxy) is 2. The van der Waals surface area contributed by atoms with Crippen LogP contribution in [0, 0.1) is 11.3 Å². The lowest BCUT2D eigenvalue weighted by molar-refractivity contribution is -0.161. The number of carbonyl (C=O) groups excluding carboxylic acids is 1. The zero-order chi connectivity index (χ0) is 30.6. The summed E-state index contributed by atoms with van der Waals surface area (Å²) >= 11 is 0. The van der Waals surface area contributed by atoms with Crippen molar-refractivity contribution in [2.45, 2.75) is 18.4 Å². The van der Waals surface area contributed by atoms with Gasteiger partial charge in [0.15, 0.2) is 6.10 Å². The second-order valence-corrected chi connectivity index (χ2v) is 10.4. The van der Waals surface area contributed by atoms with Crippen molar-refractivity contribution in [2.75, 3.05) is 70.2 Å². The molecule has 12 nitrogen and oxygen atoms in total. The number of hydrogen-bond donors (Lipinski definition) is 2. The first-order valence-corrected chi connectivity index (χ1v) is 13.8. The van der Waals surface area contributed by atoms with E-state index >= 15 is 0 Å². The molecule has 2 aliphatic rings. The zero-order valence-corrected chi connectivity index (χ0v) is 23.8. The Kier molecular flexibility index (Phi) is 8.84. The van der Waals surface area contributed by atoms with E-state index in [2.05, 4.69) is 37.1 Å². The van der Waals surface area contributed by atoms with E-state index in [-0.39, 0.29) is 24.3 Å². The molecule has 0 aliphatic carbocycles. The fraction of sp³-hybridized carbons (Fsp3) is 0.414. The van der Waals surface area contributed by atoms with E-state index in [4.69, 9.17) is 14.6 Å². The number of halogens is 2. The van der Waals surface area contributed by atoms with Crippen LogP contribution >= 0.6 is 0 Å². The molecule has 0 bridgehead atoms. The van der Waals surface area contributed by atoms with Crippen LogP contribution in [-0.4, -0.2) is 108 Å². The summed E-state index contributed by atoms with van der Waals surface area (Å²) in [5, 5.41) is 21.9. The Morgan fingerprint density at radius 3 is 2.63 bits per heavy atom. The molecule has 0 unspecified atom stereocenters. The SMILES string of the molecule is COc1nc(Nc2cc(-c3ccc(O[C@H]4CCN(C(=O)CO)CC4(F)F)c(C#N)c3)ncn2)ccc1N1CCN(C)CC1. The van der Waals surface area contributed by atoms with Crippen LogP contribution in [0.4, 0.5) is 26.1 Å². The Balaban J connectivity index is 1.30. The lowest BCUT2D eigenvalue weighted by Gasteiger charge is -2.38. The number of methoxy groups -OCH3 is 1. The van der Waals surface area contributed by atoms with Gasteiger partial charge in [-0.2, -0.15) is 10.2 Å². The Morgan fingerprint density at radius 1 is 1.14 bits per heavy atom. The molecule has 2 saturated heterocycles. The molecule has 226 valence electrons. The van der Waals surface area contributed by atoms with Gasteiger partial charge < -0.3 is 34.6 Å². The molecule has 4 heterocycles. The first kappa shape index (κ1) is 29.9. The number of carbonyl (C=O) groups is 1. The summed E-state index contributed by atoms with van der Waals surface area (Å²) in [7, 11) is 3.67. The number of aliphatic hydroxyl groups excluding tert-OH is 1. The average molecular weight is 595 g/mol. The summed E-state index contributed by atoms with van der Waals surface area (Å²) in [4.78, 5) is 30.3. The lowest BCUT2D eigenvalue weighted by Crippen LogP contribution is -2.55. The van der Waals surface area contributed by atoms with Gasteiger partial charge in [-0.05, 0) is 37.4 Å². The van der Waals surface area contributed by atoms with E-state index in [1.807, 2.05) is 18.2 Å². The summed E-state index contributed by atoms with van der Waals surface area (Å²) in [6.07, 6.45) is -0.317. The Bertz CT molecular complexity index is 1510. The largest absolute Gasteiger partial charge is 0.483 e. The number of piperidine rings is 1. The minimum Gasteiger partial charge on any atom is -0.483 e. The molecule has 0 saturated carbocycles. The fourth-order valence-electron chi connectivity index (χ4n) is 5.07. The fourth-order valence-corrected chi connectivity index (χ4v) is 5.07. The van der Waals surface area contributed by atoms with Gasteiger partial charge in [-0.3, -0.25) is 4.79 Å². The number of piperazine rings is 1. The molecule has 2 aliphatic heterocycles. The normalized spacial score (nSPS) is 18.6. The van der Waals surface area contributed by atoms with Crippen molar-refractivity contribution < 1.29 is 28.2 Å². The molecular weight excluding hydrogens is 562 g/mol. The summed E-state index contributed by atoms with van der Waals surface area (Å²) in [6, 6.07) is 12.1. The van der Waals surface area contributed by atoms with Gasteiger partial charge >= 0.3 is 5.92 Å². The molecule has 5 rings (SSSR count). The molecule has 2 N–H and O–H groups in total. The molecule has 43 heavy (non-hydrogen) atoms. The molecule has 2 aromatic heterocycles. The van der Waals surface area contributed by atoms with Gasteiger partial charge in [0, 0.05) is 50.8 Å². The van der Waals surface area contributed by atoms with Gasteiger partial charge in [-0.15, -0.1) is 0 Å². The summed E-state index contributed by atoms with van der Waals surface area (Å²) in [5.74, 6) is -2.66. The highest BCUT2D eigenvalue weighted by atomic mass is 19.3. The number of aromatic nitrogens is 3. The van der Waals surface area contributed by atoms with E-state index in [0.717, 1.165) is 36.8 Å². The maximum atomic E-state index is 14.8. The highest BCUT2D eigenvalue weighted by Gasteiger charge is 2.47.